The van der Waals surface area contributed by atoms with Crippen LogP contribution in [0.2, 0.25) is 0 Å². The van der Waals surface area contributed by atoms with Crippen LogP contribution in [0.1, 0.15) is 19.8 Å². The van der Waals surface area contributed by atoms with Crippen molar-refractivity contribution in [2.24, 2.45) is 0 Å². The van der Waals surface area contributed by atoms with Gasteiger partial charge in [-0.1, -0.05) is 6.08 Å². The van der Waals surface area contributed by atoms with Crippen LogP contribution in [0.5, 0.6) is 0 Å². The predicted molar refractivity (Wildman–Crippen MR) is 32.9 cm³/mol. The van der Waals surface area contributed by atoms with Gasteiger partial charge >= 0.3 is 11.8 Å². The Hall–Kier alpha value is -0.540. The molecule has 0 aromatic heterocycles. The summed E-state index contributed by atoms with van der Waals surface area (Å²) in [6.45, 7) is 1.35. The average molecular weight is 168 g/mol. The van der Waals surface area contributed by atoms with E-state index in [2.05, 4.69) is 0 Å². The van der Waals surface area contributed by atoms with Crippen molar-refractivity contribution in [2.75, 3.05) is 0 Å². The lowest BCUT2D eigenvalue weighted by Crippen LogP contribution is -2.35. The van der Waals surface area contributed by atoms with E-state index in [-0.39, 0.29) is 6.42 Å². The molecule has 64 valence electrons. The van der Waals surface area contributed by atoms with Gasteiger partial charge in [-0.25, -0.2) is 0 Å². The van der Waals surface area contributed by atoms with E-state index in [1.807, 2.05) is 0 Å². The number of allylic oxidation sites excluding steroid dienone is 2. The van der Waals surface area contributed by atoms with Gasteiger partial charge in [-0.05, 0) is 13.3 Å². The highest BCUT2D eigenvalue weighted by molar-refractivity contribution is 5.22. The summed E-state index contributed by atoms with van der Waals surface area (Å²) in [7, 11) is 0. The Kier molecular flexibility index (Phi) is 1.73. The third-order valence-electron chi connectivity index (χ3n) is 1.92. The highest BCUT2D eigenvalue weighted by Gasteiger charge is 2.62. The summed E-state index contributed by atoms with van der Waals surface area (Å²) in [4.78, 5) is 0. The van der Waals surface area contributed by atoms with E-state index in [4.69, 9.17) is 0 Å². The number of hydrogen-bond donors (Lipinski definition) is 0. The van der Waals surface area contributed by atoms with Crippen LogP contribution in [0.25, 0.3) is 0 Å². The molecular weight excluding hydrogens is 160 g/mol. The molecule has 0 nitrogen and oxygen atoms in total. The van der Waals surface area contributed by atoms with Gasteiger partial charge in [-0.15, -0.1) is 0 Å². The Balaban J connectivity index is 2.99. The fraction of sp³-hybridized carbons (Fsp3) is 0.714. The van der Waals surface area contributed by atoms with E-state index >= 15 is 0 Å². The fourth-order valence-corrected chi connectivity index (χ4v) is 1.17. The molecule has 0 radical (unpaired) electrons. The number of rotatable bonds is 0. The van der Waals surface area contributed by atoms with Crippen molar-refractivity contribution in [1.82, 2.24) is 0 Å². The Morgan fingerprint density at radius 1 is 1.27 bits per heavy atom. The zero-order valence-corrected chi connectivity index (χ0v) is 6.00. The van der Waals surface area contributed by atoms with Crippen LogP contribution in [0.15, 0.2) is 11.6 Å². The molecule has 0 aliphatic heterocycles. The maximum absolute atomic E-state index is 12.6. The molecule has 0 N–H and O–H groups in total. The Bertz CT molecular complexity index is 193. The first-order valence-electron chi connectivity index (χ1n) is 3.33. The SMILES string of the molecule is CC=C1CCC(F)(F)C1(F)F. The molecule has 1 aliphatic rings. The van der Waals surface area contributed by atoms with Gasteiger partial charge in [0.05, 0.1) is 0 Å². The molecule has 0 atom stereocenters. The van der Waals surface area contributed by atoms with Crippen LogP contribution in [0, 0.1) is 0 Å². The van der Waals surface area contributed by atoms with Gasteiger partial charge in [0, 0.05) is 12.0 Å². The van der Waals surface area contributed by atoms with Crippen molar-refractivity contribution in [3.63, 3.8) is 0 Å². The minimum atomic E-state index is -3.91. The molecule has 1 rings (SSSR count). The zero-order valence-electron chi connectivity index (χ0n) is 6.00. The second-order valence-corrected chi connectivity index (χ2v) is 2.59. The Morgan fingerprint density at radius 3 is 2.00 bits per heavy atom. The molecule has 11 heavy (non-hydrogen) atoms. The molecule has 1 fully saturated rings. The molecule has 4 heteroatoms. The lowest BCUT2D eigenvalue weighted by Gasteiger charge is -2.18. The topological polar surface area (TPSA) is 0 Å². The van der Waals surface area contributed by atoms with E-state index in [0.717, 1.165) is 6.08 Å². The maximum atomic E-state index is 12.6. The summed E-state index contributed by atoms with van der Waals surface area (Å²) in [5.41, 5.74) is -0.442. The monoisotopic (exact) mass is 168 g/mol. The van der Waals surface area contributed by atoms with Gasteiger partial charge < -0.3 is 0 Å². The van der Waals surface area contributed by atoms with Gasteiger partial charge in [0.1, 0.15) is 0 Å². The van der Waals surface area contributed by atoms with Gasteiger partial charge in [-0.2, -0.15) is 17.6 Å². The Morgan fingerprint density at radius 2 is 1.82 bits per heavy atom. The molecule has 0 aromatic carbocycles. The average Bonchev–Trinajstić information content (AvgIpc) is 2.05. The van der Waals surface area contributed by atoms with E-state index in [9.17, 15) is 17.6 Å². The summed E-state index contributed by atoms with van der Waals surface area (Å²) in [5.74, 6) is -7.75. The first-order valence-corrected chi connectivity index (χ1v) is 3.33. The third-order valence-corrected chi connectivity index (χ3v) is 1.92. The standard InChI is InChI=1S/C7H8F4/c1-2-5-3-4-6(8,9)7(5,10)11/h2H,3-4H2,1H3. The van der Waals surface area contributed by atoms with Gasteiger partial charge in [0.2, 0.25) is 0 Å². The van der Waals surface area contributed by atoms with Crippen molar-refractivity contribution >= 4 is 0 Å². The minimum Gasteiger partial charge on any atom is -0.199 e. The van der Waals surface area contributed by atoms with Crippen LogP contribution in [-0.4, -0.2) is 11.8 Å². The van der Waals surface area contributed by atoms with E-state index < -0.39 is 23.8 Å². The van der Waals surface area contributed by atoms with Crippen LogP contribution >= 0.6 is 0 Å². The largest absolute Gasteiger partial charge is 0.331 e. The molecule has 0 aromatic rings. The molecule has 0 spiro atoms. The molecule has 1 aliphatic carbocycles. The van der Waals surface area contributed by atoms with E-state index in [0.29, 0.717) is 0 Å². The first kappa shape index (κ1) is 8.56. The summed E-state index contributed by atoms with van der Waals surface area (Å²) < 4.78 is 49.9. The van der Waals surface area contributed by atoms with Crippen molar-refractivity contribution in [3.05, 3.63) is 11.6 Å². The highest BCUT2D eigenvalue weighted by atomic mass is 19.3. The second-order valence-electron chi connectivity index (χ2n) is 2.59. The molecule has 0 amide bonds. The van der Waals surface area contributed by atoms with Crippen LogP contribution < -0.4 is 0 Å². The van der Waals surface area contributed by atoms with Gasteiger partial charge in [0.25, 0.3) is 0 Å². The normalized spacial score (nSPS) is 31.2. The summed E-state index contributed by atoms with van der Waals surface area (Å²) in [6.07, 6.45) is 0.136. The van der Waals surface area contributed by atoms with E-state index in [1.54, 1.807) is 0 Å². The number of hydrogen-bond acceptors (Lipinski definition) is 0. The summed E-state index contributed by atoms with van der Waals surface area (Å²) in [6, 6.07) is 0. The second kappa shape index (κ2) is 2.22. The molecule has 0 bridgehead atoms. The van der Waals surface area contributed by atoms with E-state index in [1.165, 1.54) is 6.92 Å². The van der Waals surface area contributed by atoms with Crippen molar-refractivity contribution < 1.29 is 17.6 Å². The predicted octanol–water partition coefficient (Wildman–Crippen LogP) is 3.00. The van der Waals surface area contributed by atoms with Crippen molar-refractivity contribution in [1.29, 1.82) is 0 Å². The quantitative estimate of drug-likeness (QED) is 0.385. The molecule has 0 unspecified atom stereocenters. The van der Waals surface area contributed by atoms with Crippen molar-refractivity contribution in [3.8, 4) is 0 Å². The lowest BCUT2D eigenvalue weighted by molar-refractivity contribution is -0.167. The van der Waals surface area contributed by atoms with Crippen LogP contribution in [-0.2, 0) is 0 Å². The smallest absolute Gasteiger partial charge is 0.199 e. The molecule has 0 heterocycles. The molecule has 0 saturated heterocycles. The third kappa shape index (κ3) is 1.04. The fourth-order valence-electron chi connectivity index (χ4n) is 1.17. The van der Waals surface area contributed by atoms with Crippen molar-refractivity contribution in [2.45, 2.75) is 31.6 Å². The summed E-state index contributed by atoms with van der Waals surface area (Å²) >= 11 is 0. The van der Waals surface area contributed by atoms with Gasteiger partial charge in [-0.3, -0.25) is 0 Å². The summed E-state index contributed by atoms with van der Waals surface area (Å²) in [5, 5.41) is 0. The lowest BCUT2D eigenvalue weighted by atomic mass is 10.1. The first-order chi connectivity index (χ1) is 4.92. The molecule has 1 saturated carbocycles. The van der Waals surface area contributed by atoms with Crippen LogP contribution in [0.4, 0.5) is 17.6 Å². The maximum Gasteiger partial charge on any atom is 0.331 e. The van der Waals surface area contributed by atoms with Gasteiger partial charge in [0.15, 0.2) is 0 Å². The Labute approximate surface area is 61.9 Å². The zero-order chi connectivity index (χ0) is 8.70. The number of halogens is 4. The highest BCUT2D eigenvalue weighted by Crippen LogP contribution is 2.50. The minimum absolute atomic E-state index is 0.198. The number of alkyl halides is 4. The molecular formula is C7H8F4. The van der Waals surface area contributed by atoms with Crippen LogP contribution in [0.3, 0.4) is 0 Å².